The van der Waals surface area contributed by atoms with Crippen LogP contribution in [0.15, 0.2) is 24.3 Å². The van der Waals surface area contributed by atoms with Crippen molar-refractivity contribution in [2.45, 2.75) is 81.8 Å². The van der Waals surface area contributed by atoms with Gasteiger partial charge in [0, 0.05) is 19.0 Å². The highest BCUT2D eigenvalue weighted by atomic mass is 16.6. The molecule has 1 aromatic carbocycles. The second kappa shape index (κ2) is 6.54. The molecule has 152 valence electrons. The van der Waals surface area contributed by atoms with Gasteiger partial charge in [0.1, 0.15) is 0 Å². The van der Waals surface area contributed by atoms with Crippen LogP contribution in [0.25, 0.3) is 0 Å². The summed E-state index contributed by atoms with van der Waals surface area (Å²) in [5.74, 6) is 0.924. The van der Waals surface area contributed by atoms with Gasteiger partial charge in [0.2, 0.25) is 12.3 Å². The predicted octanol–water partition coefficient (Wildman–Crippen LogP) is 2.88. The third kappa shape index (κ3) is 3.08. The first kappa shape index (κ1) is 18.6. The van der Waals surface area contributed by atoms with E-state index in [-0.39, 0.29) is 23.5 Å². The summed E-state index contributed by atoms with van der Waals surface area (Å²) in [6, 6.07) is 9.27. The molecule has 2 saturated carbocycles. The first-order valence-electron chi connectivity index (χ1n) is 10.9. The van der Waals surface area contributed by atoms with Crippen molar-refractivity contribution < 1.29 is 14.6 Å². The monoisotopic (exact) mass is 384 g/mol. The maximum absolute atomic E-state index is 12.9. The summed E-state index contributed by atoms with van der Waals surface area (Å²) in [6.07, 6.45) is 5.33. The van der Waals surface area contributed by atoms with Gasteiger partial charge in [-0.2, -0.15) is 0 Å². The van der Waals surface area contributed by atoms with Gasteiger partial charge in [0.15, 0.2) is 0 Å². The van der Waals surface area contributed by atoms with Gasteiger partial charge >= 0.3 is 0 Å². The number of nitrogens with one attached hydrogen (secondary N) is 1. The van der Waals surface area contributed by atoms with E-state index in [0.717, 1.165) is 38.8 Å². The Morgan fingerprint density at radius 3 is 2.36 bits per heavy atom. The Hall–Kier alpha value is -1.43. The first-order chi connectivity index (χ1) is 13.4. The van der Waals surface area contributed by atoms with Gasteiger partial charge < -0.3 is 14.7 Å². The Morgan fingerprint density at radius 2 is 1.82 bits per heavy atom. The number of likely N-dealkylation sites (tertiary alicyclic amines) is 1. The van der Waals surface area contributed by atoms with E-state index >= 15 is 0 Å². The lowest BCUT2D eigenvalue weighted by molar-refractivity contribution is -0.143. The van der Waals surface area contributed by atoms with Gasteiger partial charge in [-0.05, 0) is 67.9 Å². The zero-order valence-electron chi connectivity index (χ0n) is 17.0. The van der Waals surface area contributed by atoms with Gasteiger partial charge in [0.25, 0.3) is 0 Å². The molecule has 28 heavy (non-hydrogen) atoms. The molecule has 2 aliphatic carbocycles. The molecule has 2 atom stereocenters. The van der Waals surface area contributed by atoms with Gasteiger partial charge in [-0.15, -0.1) is 0 Å². The highest BCUT2D eigenvalue weighted by molar-refractivity contribution is 5.80. The Kier molecular flexibility index (Phi) is 4.34. The van der Waals surface area contributed by atoms with Crippen LogP contribution in [-0.4, -0.2) is 47.1 Å². The number of piperidine rings is 1. The topological polar surface area (TPSA) is 61.8 Å². The van der Waals surface area contributed by atoms with E-state index in [2.05, 4.69) is 41.4 Å². The molecule has 4 fully saturated rings. The van der Waals surface area contributed by atoms with Crippen LogP contribution in [0.2, 0.25) is 0 Å². The Balaban J connectivity index is 1.14. The number of amides is 1. The number of hydrogen-bond donors (Lipinski definition) is 2. The smallest absolute Gasteiger partial charge is 0.225 e. The first-order valence-corrected chi connectivity index (χ1v) is 10.9. The average molecular weight is 385 g/mol. The number of carbonyl (C=O) groups excluding carboxylic acids is 1. The summed E-state index contributed by atoms with van der Waals surface area (Å²) in [7, 11) is 0. The van der Waals surface area contributed by atoms with Crippen LogP contribution in [-0.2, 0) is 14.9 Å². The van der Waals surface area contributed by atoms with Crippen LogP contribution in [0.3, 0.4) is 0 Å². The van der Waals surface area contributed by atoms with Crippen LogP contribution in [0.5, 0.6) is 0 Å². The zero-order valence-corrected chi connectivity index (χ0v) is 17.0. The third-order valence-corrected chi connectivity index (χ3v) is 7.98. The molecule has 2 heterocycles. The number of rotatable bonds is 3. The minimum atomic E-state index is -0.893. The fourth-order valence-corrected chi connectivity index (χ4v) is 5.49. The van der Waals surface area contributed by atoms with Crippen LogP contribution >= 0.6 is 0 Å². The lowest BCUT2D eigenvalue weighted by Gasteiger charge is -2.48. The number of benzene rings is 1. The second-order valence-electron chi connectivity index (χ2n) is 9.82. The number of nitrogens with zero attached hydrogens (tertiary/aromatic N) is 1. The summed E-state index contributed by atoms with van der Waals surface area (Å²) in [4.78, 5) is 15.0. The Bertz CT molecular complexity index is 744. The normalized spacial score (nSPS) is 37.1. The number of aliphatic hydroxyl groups excluding tert-OH is 1. The van der Waals surface area contributed by atoms with Crippen molar-refractivity contribution in [3.8, 4) is 0 Å². The molecule has 0 bridgehead atoms. The zero-order chi connectivity index (χ0) is 19.5. The van der Waals surface area contributed by atoms with Gasteiger partial charge in [-0.1, -0.05) is 31.2 Å². The molecular weight excluding hydrogens is 352 g/mol. The van der Waals surface area contributed by atoms with Crippen molar-refractivity contribution in [1.29, 1.82) is 0 Å². The van der Waals surface area contributed by atoms with Crippen molar-refractivity contribution in [2.75, 3.05) is 13.1 Å². The highest BCUT2D eigenvalue weighted by Gasteiger charge is 2.56. The molecule has 5 rings (SSSR count). The summed E-state index contributed by atoms with van der Waals surface area (Å²) in [5.41, 5.74) is 3.13. The maximum Gasteiger partial charge on any atom is 0.225 e. The lowest BCUT2D eigenvalue weighted by Crippen LogP contribution is -2.61. The molecule has 2 saturated heterocycles. The average Bonchev–Trinajstić information content (AvgIpc) is 3.35. The molecule has 1 amide bonds. The second-order valence-corrected chi connectivity index (χ2v) is 9.82. The summed E-state index contributed by atoms with van der Waals surface area (Å²) >= 11 is 0. The van der Waals surface area contributed by atoms with E-state index in [1.807, 2.05) is 6.92 Å². The van der Waals surface area contributed by atoms with Crippen molar-refractivity contribution in [2.24, 2.45) is 5.92 Å². The molecule has 4 aliphatic rings. The van der Waals surface area contributed by atoms with Crippen molar-refractivity contribution in [3.05, 3.63) is 35.4 Å². The van der Waals surface area contributed by atoms with E-state index in [1.54, 1.807) is 0 Å². The van der Waals surface area contributed by atoms with Crippen molar-refractivity contribution in [3.63, 3.8) is 0 Å². The van der Waals surface area contributed by atoms with Gasteiger partial charge in [-0.3, -0.25) is 10.1 Å². The minimum absolute atomic E-state index is 0.0434. The molecule has 1 unspecified atom stereocenters. The van der Waals surface area contributed by atoms with Crippen LogP contribution in [0.4, 0.5) is 0 Å². The highest BCUT2D eigenvalue weighted by Crippen LogP contribution is 2.48. The van der Waals surface area contributed by atoms with Gasteiger partial charge in [-0.25, -0.2) is 0 Å². The molecule has 0 aromatic heterocycles. The largest absolute Gasteiger partial charge is 0.356 e. The summed E-state index contributed by atoms with van der Waals surface area (Å²) in [5, 5.41) is 12.8. The van der Waals surface area contributed by atoms with Crippen LogP contribution in [0, 0.1) is 5.92 Å². The molecule has 1 aromatic rings. The van der Waals surface area contributed by atoms with E-state index in [4.69, 9.17) is 4.74 Å². The molecule has 1 spiro atoms. The summed E-state index contributed by atoms with van der Waals surface area (Å²) < 4.78 is 5.41. The van der Waals surface area contributed by atoms with E-state index < -0.39 is 6.41 Å². The fraction of sp³-hybridized carbons (Fsp3) is 0.696. The van der Waals surface area contributed by atoms with Crippen molar-refractivity contribution >= 4 is 5.91 Å². The predicted molar refractivity (Wildman–Crippen MR) is 107 cm³/mol. The number of carbonyl (C=O) groups is 1. The minimum Gasteiger partial charge on any atom is -0.356 e. The Morgan fingerprint density at radius 1 is 1.18 bits per heavy atom. The molecular formula is C23H32N2O3. The Labute approximate surface area is 167 Å². The molecule has 0 radical (unpaired) electrons. The molecule has 5 heteroatoms. The van der Waals surface area contributed by atoms with Crippen LogP contribution < -0.4 is 5.32 Å². The van der Waals surface area contributed by atoms with E-state index in [1.165, 1.54) is 24.0 Å². The number of aliphatic hydroxyl groups is 1. The molecule has 2 aliphatic heterocycles. The van der Waals surface area contributed by atoms with E-state index in [9.17, 15) is 9.90 Å². The lowest BCUT2D eigenvalue weighted by atomic mass is 9.65. The standard InChI is InChI=1S/C23H32N2O3/c1-15-23(24-21(27)28-15)13-18(14-23)20(26)25-11-7-17(8-12-25)16-3-5-19(6-4-16)22(2)9-10-22/h3-6,15,17-18,21,24,27H,7-14H2,1-2H3/t15-,18?,21?,23?/m0/s1. The van der Waals surface area contributed by atoms with E-state index in [0.29, 0.717) is 11.3 Å². The van der Waals surface area contributed by atoms with Crippen LogP contribution in [0.1, 0.15) is 69.4 Å². The number of ether oxygens (including phenoxy) is 1. The quantitative estimate of drug-likeness (QED) is 0.841. The van der Waals surface area contributed by atoms with Gasteiger partial charge in [0.05, 0.1) is 11.6 Å². The maximum atomic E-state index is 12.9. The number of hydrogen-bond acceptors (Lipinski definition) is 4. The SMILES string of the molecule is C[C@@H]1OC(O)NC12CC(C(=O)N1CCC(c3ccc(C4(C)CC4)cc3)CC1)C2. The third-order valence-electron chi connectivity index (χ3n) is 7.98. The van der Waals surface area contributed by atoms with Crippen molar-refractivity contribution in [1.82, 2.24) is 10.2 Å². The molecule has 2 N–H and O–H groups in total. The summed E-state index contributed by atoms with van der Waals surface area (Å²) in [6.45, 7) is 6.04. The molecule has 5 nitrogen and oxygen atoms in total. The fourth-order valence-electron chi connectivity index (χ4n) is 5.49.